The Kier molecular flexibility index (Phi) is 7.59. The van der Waals surface area contributed by atoms with Gasteiger partial charge in [-0.15, -0.1) is 0 Å². The predicted molar refractivity (Wildman–Crippen MR) is 113 cm³/mol. The minimum atomic E-state index is -1.14. The number of hydrogen-bond acceptors (Lipinski definition) is 4. The maximum atomic E-state index is 11.4. The smallest absolute Gasteiger partial charge is 0.407 e. The Morgan fingerprint density at radius 2 is 1.50 bits per heavy atom. The topological polar surface area (TPSA) is 122 Å². The molecule has 1 unspecified atom stereocenters. The van der Waals surface area contributed by atoms with E-state index in [4.69, 9.17) is 0 Å². The summed E-state index contributed by atoms with van der Waals surface area (Å²) in [7, 11) is 2.83. The van der Waals surface area contributed by atoms with E-state index in [0.29, 0.717) is 35.1 Å². The number of rotatable bonds is 7. The molecule has 8 heteroatoms. The van der Waals surface area contributed by atoms with Crippen LogP contribution in [0.3, 0.4) is 0 Å². The van der Waals surface area contributed by atoms with E-state index in [1.165, 1.54) is 14.1 Å². The second-order valence-corrected chi connectivity index (χ2v) is 8.09. The summed E-state index contributed by atoms with van der Waals surface area (Å²) in [6.45, 7) is 3.83. The van der Waals surface area contributed by atoms with Gasteiger partial charge in [0.05, 0.1) is 13.1 Å². The quantitative estimate of drug-likeness (QED) is 0.482. The van der Waals surface area contributed by atoms with Crippen LogP contribution in [0.1, 0.15) is 67.7 Å². The zero-order valence-electron chi connectivity index (χ0n) is 18.1. The number of hydrogen-bond donors (Lipinski definition) is 4. The van der Waals surface area contributed by atoms with Crippen LogP contribution in [-0.4, -0.2) is 56.5 Å². The standard InChI is InChI=1S/C22H32N2O6/c1-5-7-15-16(11-23(3)21(27)28)19(25)18(14-9-6-8-13(2)10-14)20(26)17(15)12-24(4)22(29)30/h10,14,25-26H,5-9,11-12H2,1-4H3,(H,27,28)(H,29,30). The Morgan fingerprint density at radius 3 is 1.90 bits per heavy atom. The summed E-state index contributed by atoms with van der Waals surface area (Å²) in [4.78, 5) is 25.0. The Bertz CT molecular complexity index is 800. The molecule has 1 aliphatic carbocycles. The zero-order valence-corrected chi connectivity index (χ0v) is 18.1. The highest BCUT2D eigenvalue weighted by molar-refractivity contribution is 5.68. The lowest BCUT2D eigenvalue weighted by Gasteiger charge is -2.29. The lowest BCUT2D eigenvalue weighted by molar-refractivity contribution is 0.153. The van der Waals surface area contributed by atoms with Gasteiger partial charge >= 0.3 is 12.2 Å². The van der Waals surface area contributed by atoms with Crippen molar-refractivity contribution in [3.8, 4) is 11.5 Å². The van der Waals surface area contributed by atoms with Gasteiger partial charge in [0.2, 0.25) is 0 Å². The van der Waals surface area contributed by atoms with Crippen LogP contribution in [0.25, 0.3) is 0 Å². The van der Waals surface area contributed by atoms with E-state index in [1.54, 1.807) is 0 Å². The van der Waals surface area contributed by atoms with Gasteiger partial charge < -0.3 is 30.2 Å². The molecule has 0 saturated carbocycles. The monoisotopic (exact) mass is 420 g/mol. The fraction of sp³-hybridized carbons (Fsp3) is 0.545. The van der Waals surface area contributed by atoms with Crippen molar-refractivity contribution in [3.05, 3.63) is 33.9 Å². The molecular weight excluding hydrogens is 388 g/mol. The SMILES string of the molecule is CCCc1c(CN(C)C(=O)O)c(O)c(C2C=C(C)CCC2)c(O)c1CN(C)C(=O)O. The molecule has 0 radical (unpaired) electrons. The summed E-state index contributed by atoms with van der Waals surface area (Å²) in [6, 6.07) is 0. The molecule has 0 saturated heterocycles. The molecule has 30 heavy (non-hydrogen) atoms. The normalized spacial score (nSPS) is 16.1. The third-order valence-corrected chi connectivity index (χ3v) is 5.70. The molecule has 1 aromatic rings. The van der Waals surface area contributed by atoms with Crippen LogP contribution in [0.4, 0.5) is 9.59 Å². The molecule has 166 valence electrons. The van der Waals surface area contributed by atoms with Crippen LogP contribution in [0.5, 0.6) is 11.5 Å². The molecule has 1 aliphatic rings. The van der Waals surface area contributed by atoms with Gasteiger partial charge in [-0.3, -0.25) is 0 Å². The summed E-state index contributed by atoms with van der Waals surface area (Å²) in [5.74, 6) is -0.402. The lowest BCUT2D eigenvalue weighted by Crippen LogP contribution is -2.27. The number of carboxylic acid groups (broad SMARTS) is 2. The molecule has 1 atom stereocenters. The van der Waals surface area contributed by atoms with Crippen molar-refractivity contribution >= 4 is 12.2 Å². The van der Waals surface area contributed by atoms with Gasteiger partial charge in [-0.2, -0.15) is 0 Å². The van der Waals surface area contributed by atoms with E-state index in [-0.39, 0.29) is 30.5 Å². The van der Waals surface area contributed by atoms with Crippen LogP contribution in [0, 0.1) is 0 Å². The summed E-state index contributed by atoms with van der Waals surface area (Å²) >= 11 is 0. The number of allylic oxidation sites excluding steroid dienone is 2. The number of benzene rings is 1. The van der Waals surface area contributed by atoms with E-state index < -0.39 is 12.2 Å². The van der Waals surface area contributed by atoms with Gasteiger partial charge in [-0.1, -0.05) is 25.0 Å². The van der Waals surface area contributed by atoms with E-state index in [2.05, 4.69) is 0 Å². The largest absolute Gasteiger partial charge is 0.507 e. The Balaban J connectivity index is 2.76. The maximum absolute atomic E-state index is 11.4. The average Bonchev–Trinajstić information content (AvgIpc) is 2.67. The fourth-order valence-electron chi connectivity index (χ4n) is 4.10. The molecule has 0 bridgehead atoms. The number of aromatic hydroxyl groups is 2. The van der Waals surface area contributed by atoms with Crippen molar-refractivity contribution < 1.29 is 30.0 Å². The van der Waals surface area contributed by atoms with Crippen LogP contribution in [0.2, 0.25) is 0 Å². The van der Waals surface area contributed by atoms with E-state index >= 15 is 0 Å². The zero-order chi connectivity index (χ0) is 22.6. The summed E-state index contributed by atoms with van der Waals surface area (Å²) in [5.41, 5.74) is 2.99. The minimum absolute atomic E-state index is 0.0526. The number of phenols is 2. The van der Waals surface area contributed by atoms with Crippen molar-refractivity contribution in [2.24, 2.45) is 0 Å². The second-order valence-electron chi connectivity index (χ2n) is 8.09. The molecule has 0 spiro atoms. The molecule has 0 fully saturated rings. The fourth-order valence-corrected chi connectivity index (χ4v) is 4.10. The van der Waals surface area contributed by atoms with Crippen molar-refractivity contribution in [2.75, 3.05) is 14.1 Å². The first-order valence-electron chi connectivity index (χ1n) is 10.2. The highest BCUT2D eigenvalue weighted by atomic mass is 16.4. The van der Waals surface area contributed by atoms with Crippen LogP contribution >= 0.6 is 0 Å². The number of amides is 2. The summed E-state index contributed by atoms with van der Waals surface area (Å²) in [5, 5.41) is 41.0. The Hall–Kier alpha value is -2.90. The summed E-state index contributed by atoms with van der Waals surface area (Å²) < 4.78 is 0. The molecule has 4 N–H and O–H groups in total. The van der Waals surface area contributed by atoms with Crippen molar-refractivity contribution in [1.82, 2.24) is 9.80 Å². The molecule has 8 nitrogen and oxygen atoms in total. The van der Waals surface area contributed by atoms with Gasteiger partial charge in [-0.05, 0) is 38.2 Å². The first-order chi connectivity index (χ1) is 14.1. The second kappa shape index (κ2) is 9.73. The molecular formula is C22H32N2O6. The maximum Gasteiger partial charge on any atom is 0.407 e. The minimum Gasteiger partial charge on any atom is -0.507 e. The average molecular weight is 421 g/mol. The third kappa shape index (κ3) is 4.98. The highest BCUT2D eigenvalue weighted by Gasteiger charge is 2.30. The van der Waals surface area contributed by atoms with Gasteiger partial charge in [0.25, 0.3) is 0 Å². The highest BCUT2D eigenvalue weighted by Crippen LogP contribution is 2.47. The van der Waals surface area contributed by atoms with E-state index in [9.17, 15) is 30.0 Å². The van der Waals surface area contributed by atoms with Gasteiger partial charge in [0.15, 0.2) is 0 Å². The van der Waals surface area contributed by atoms with Crippen LogP contribution < -0.4 is 0 Å². The Labute approximate surface area is 177 Å². The molecule has 0 aliphatic heterocycles. The number of phenolic OH excluding ortho intramolecular Hbond substituents is 2. The molecule has 0 heterocycles. The third-order valence-electron chi connectivity index (χ3n) is 5.70. The number of nitrogens with zero attached hydrogens (tertiary/aromatic N) is 2. The van der Waals surface area contributed by atoms with Gasteiger partial charge in [-0.25, -0.2) is 9.59 Å². The first-order valence-corrected chi connectivity index (χ1v) is 10.2. The summed E-state index contributed by atoms with van der Waals surface area (Å²) in [6.07, 6.45) is 3.53. The number of carbonyl (C=O) groups is 2. The van der Waals surface area contributed by atoms with Crippen molar-refractivity contribution in [2.45, 2.75) is 65.0 Å². The molecule has 0 aromatic heterocycles. The van der Waals surface area contributed by atoms with Crippen molar-refractivity contribution in [3.63, 3.8) is 0 Å². The molecule has 2 rings (SSSR count). The van der Waals surface area contributed by atoms with E-state index in [1.807, 2.05) is 19.9 Å². The van der Waals surface area contributed by atoms with Gasteiger partial charge in [0.1, 0.15) is 11.5 Å². The van der Waals surface area contributed by atoms with Gasteiger partial charge in [0, 0.05) is 36.7 Å². The van der Waals surface area contributed by atoms with Crippen LogP contribution in [0.15, 0.2) is 11.6 Å². The Morgan fingerprint density at radius 1 is 1.00 bits per heavy atom. The van der Waals surface area contributed by atoms with E-state index in [0.717, 1.165) is 34.6 Å². The lowest BCUT2D eigenvalue weighted by atomic mass is 9.81. The predicted octanol–water partition coefficient (Wildman–Crippen LogP) is 4.48. The van der Waals surface area contributed by atoms with Crippen molar-refractivity contribution in [1.29, 1.82) is 0 Å². The van der Waals surface area contributed by atoms with Crippen LogP contribution in [-0.2, 0) is 19.5 Å². The first kappa shape index (κ1) is 23.4. The molecule has 2 amide bonds. The molecule has 1 aromatic carbocycles.